The Balaban J connectivity index is 1.01. The van der Waals surface area contributed by atoms with Crippen molar-refractivity contribution in [1.29, 1.82) is 0 Å². The highest BCUT2D eigenvalue weighted by Crippen LogP contribution is 2.53. The molecule has 1 aromatic carbocycles. The van der Waals surface area contributed by atoms with Gasteiger partial charge in [0.1, 0.15) is 22.9 Å². The third-order valence-corrected chi connectivity index (χ3v) is 8.91. The summed E-state index contributed by atoms with van der Waals surface area (Å²) >= 11 is 0. The molecule has 0 unspecified atom stereocenters. The molecule has 1 atom stereocenters. The molecular formula is C29H30F2N8O. The van der Waals surface area contributed by atoms with Crippen LogP contribution in [0.3, 0.4) is 0 Å². The summed E-state index contributed by atoms with van der Waals surface area (Å²) < 4.78 is 37.9. The van der Waals surface area contributed by atoms with Gasteiger partial charge in [-0.2, -0.15) is 0 Å². The third-order valence-electron chi connectivity index (χ3n) is 8.91. The van der Waals surface area contributed by atoms with E-state index < -0.39 is 11.6 Å². The van der Waals surface area contributed by atoms with Gasteiger partial charge in [0, 0.05) is 62.5 Å². The summed E-state index contributed by atoms with van der Waals surface area (Å²) in [5, 5.41) is 3.07. The lowest BCUT2D eigenvalue weighted by molar-refractivity contribution is -0.0461. The van der Waals surface area contributed by atoms with Gasteiger partial charge in [-0.3, -0.25) is 9.80 Å². The second-order valence-corrected chi connectivity index (χ2v) is 11.5. The van der Waals surface area contributed by atoms with Gasteiger partial charge in [0.2, 0.25) is 5.95 Å². The average Bonchev–Trinajstić information content (AvgIpc) is 3.52. The summed E-state index contributed by atoms with van der Waals surface area (Å²) in [5.41, 5.74) is 2.63. The highest BCUT2D eigenvalue weighted by molar-refractivity contribution is 5.83. The van der Waals surface area contributed by atoms with E-state index in [0.717, 1.165) is 89.2 Å². The lowest BCUT2D eigenvalue weighted by atomic mass is 10.1. The quantitative estimate of drug-likeness (QED) is 0.406. The Labute approximate surface area is 230 Å². The van der Waals surface area contributed by atoms with E-state index in [1.807, 2.05) is 24.4 Å². The lowest BCUT2D eigenvalue weighted by Crippen LogP contribution is -2.57. The maximum Gasteiger partial charge on any atom is 0.229 e. The molecule has 9 nitrogen and oxygen atoms in total. The highest BCUT2D eigenvalue weighted by Gasteiger charge is 2.50. The Kier molecular flexibility index (Phi) is 5.61. The predicted octanol–water partition coefficient (Wildman–Crippen LogP) is 3.86. The predicted molar refractivity (Wildman–Crippen MR) is 145 cm³/mol. The molecule has 4 aromatic rings. The number of anilines is 2. The fourth-order valence-electron chi connectivity index (χ4n) is 6.64. The van der Waals surface area contributed by atoms with Crippen molar-refractivity contribution in [3.63, 3.8) is 0 Å². The van der Waals surface area contributed by atoms with Gasteiger partial charge in [0.25, 0.3) is 0 Å². The Morgan fingerprint density at radius 3 is 2.77 bits per heavy atom. The van der Waals surface area contributed by atoms with Gasteiger partial charge < -0.3 is 14.6 Å². The summed E-state index contributed by atoms with van der Waals surface area (Å²) in [6.07, 6.45) is 6.98. The largest absolute Gasteiger partial charge is 0.378 e. The standard InChI is InChI=1S/C29H30F2N8O/c30-21-11-19(12-23-27(21)35-25-3-4-29(5-6-29)39(23)25)26-22(31)14-33-28(36-26)34-24-2-1-18(13-32-24)15-37-7-8-38-9-10-40-17-20(38)16-37/h1-2,11-14,20H,3-10,15-17H2,(H,32,33,34,36)/t20-/m1/s1. The molecule has 1 spiro atoms. The van der Waals surface area contributed by atoms with Crippen molar-refractivity contribution in [1.82, 2.24) is 34.3 Å². The van der Waals surface area contributed by atoms with Gasteiger partial charge in [-0.15, -0.1) is 0 Å². The number of hydrogen-bond donors (Lipinski definition) is 1. The van der Waals surface area contributed by atoms with Crippen molar-refractivity contribution in [2.75, 3.05) is 44.7 Å². The van der Waals surface area contributed by atoms with Gasteiger partial charge >= 0.3 is 0 Å². The molecule has 1 saturated carbocycles. The van der Waals surface area contributed by atoms with Crippen LogP contribution in [-0.4, -0.2) is 79.7 Å². The number of ether oxygens (including phenoxy) is 1. The van der Waals surface area contributed by atoms with Crippen LogP contribution in [0.25, 0.3) is 22.3 Å². The number of benzene rings is 1. The molecule has 11 heteroatoms. The second-order valence-electron chi connectivity index (χ2n) is 11.5. The third kappa shape index (κ3) is 4.15. The van der Waals surface area contributed by atoms with Crippen LogP contribution in [0.5, 0.6) is 0 Å². The molecule has 40 heavy (non-hydrogen) atoms. The molecule has 1 N–H and O–H groups in total. The number of nitrogens with one attached hydrogen (secondary N) is 1. The number of rotatable bonds is 5. The number of pyridine rings is 1. The number of fused-ring (bicyclic) bond motifs is 5. The number of nitrogens with zero attached hydrogens (tertiary/aromatic N) is 7. The van der Waals surface area contributed by atoms with Crippen molar-refractivity contribution in [2.24, 2.45) is 0 Å². The van der Waals surface area contributed by atoms with Crippen LogP contribution >= 0.6 is 0 Å². The summed E-state index contributed by atoms with van der Waals surface area (Å²) in [4.78, 5) is 22.6. The Morgan fingerprint density at radius 1 is 1.00 bits per heavy atom. The first-order valence-corrected chi connectivity index (χ1v) is 14.1. The van der Waals surface area contributed by atoms with Gasteiger partial charge in [0.05, 0.1) is 24.9 Å². The summed E-state index contributed by atoms with van der Waals surface area (Å²) in [6, 6.07) is 7.48. The minimum absolute atomic E-state index is 0.0409. The van der Waals surface area contributed by atoms with Gasteiger partial charge in [-0.1, -0.05) is 6.07 Å². The van der Waals surface area contributed by atoms with E-state index >= 15 is 4.39 Å². The molecule has 3 aromatic heterocycles. The zero-order valence-corrected chi connectivity index (χ0v) is 22.1. The van der Waals surface area contributed by atoms with E-state index in [1.54, 1.807) is 0 Å². The van der Waals surface area contributed by atoms with Crippen molar-refractivity contribution < 1.29 is 13.5 Å². The van der Waals surface area contributed by atoms with Crippen molar-refractivity contribution in [2.45, 2.75) is 43.8 Å². The van der Waals surface area contributed by atoms with Crippen LogP contribution in [0.15, 0.2) is 36.7 Å². The molecule has 2 saturated heterocycles. The first-order valence-electron chi connectivity index (χ1n) is 14.1. The Hall–Kier alpha value is -3.54. The number of halogens is 2. The minimum atomic E-state index is -0.613. The van der Waals surface area contributed by atoms with E-state index in [-0.39, 0.29) is 17.2 Å². The molecule has 3 aliphatic heterocycles. The molecule has 8 rings (SSSR count). The van der Waals surface area contributed by atoms with E-state index in [4.69, 9.17) is 4.74 Å². The summed E-state index contributed by atoms with van der Waals surface area (Å²) in [6.45, 7) is 6.54. The molecule has 0 amide bonds. The monoisotopic (exact) mass is 544 g/mol. The summed E-state index contributed by atoms with van der Waals surface area (Å²) in [5.74, 6) is 0.583. The van der Waals surface area contributed by atoms with Crippen LogP contribution in [0.4, 0.5) is 20.5 Å². The first-order chi connectivity index (χ1) is 19.5. The maximum atomic E-state index is 15.1. The van der Waals surface area contributed by atoms with Crippen molar-refractivity contribution >= 4 is 22.8 Å². The number of hydrogen-bond acceptors (Lipinski definition) is 8. The van der Waals surface area contributed by atoms with Gasteiger partial charge in [-0.25, -0.2) is 28.7 Å². The zero-order valence-electron chi connectivity index (χ0n) is 22.1. The number of piperazine rings is 1. The minimum Gasteiger partial charge on any atom is -0.378 e. The Morgan fingerprint density at radius 2 is 1.93 bits per heavy atom. The molecule has 6 heterocycles. The average molecular weight is 545 g/mol. The molecule has 0 radical (unpaired) electrons. The molecule has 1 aliphatic carbocycles. The SMILES string of the molecule is Fc1cnc(Nc2ccc(CN3CCN4CCOC[C@H]4C3)cn2)nc1-c1cc(F)c2nc3n(c2c1)C1(CC3)CC1. The van der Waals surface area contributed by atoms with E-state index in [1.165, 1.54) is 6.07 Å². The van der Waals surface area contributed by atoms with Gasteiger partial charge in [0.15, 0.2) is 11.6 Å². The van der Waals surface area contributed by atoms with Gasteiger partial charge in [-0.05, 0) is 43.0 Å². The smallest absolute Gasteiger partial charge is 0.229 e. The molecule has 0 bridgehead atoms. The lowest BCUT2D eigenvalue weighted by Gasteiger charge is -2.43. The molecule has 206 valence electrons. The van der Waals surface area contributed by atoms with Crippen LogP contribution in [0.2, 0.25) is 0 Å². The first kappa shape index (κ1) is 24.3. The van der Waals surface area contributed by atoms with Crippen molar-refractivity contribution in [3.05, 3.63) is 59.7 Å². The second kappa shape index (κ2) is 9.25. The number of aromatic nitrogens is 5. The molecule has 3 fully saturated rings. The fraction of sp³-hybridized carbons (Fsp3) is 0.448. The van der Waals surface area contributed by atoms with E-state index in [2.05, 4.69) is 39.6 Å². The van der Waals surface area contributed by atoms with Crippen LogP contribution in [0, 0.1) is 11.6 Å². The fourth-order valence-corrected chi connectivity index (χ4v) is 6.64. The summed E-state index contributed by atoms with van der Waals surface area (Å²) in [7, 11) is 0. The highest BCUT2D eigenvalue weighted by atomic mass is 19.1. The van der Waals surface area contributed by atoms with E-state index in [9.17, 15) is 4.39 Å². The molecule has 4 aliphatic rings. The van der Waals surface area contributed by atoms with Crippen molar-refractivity contribution in [3.8, 4) is 11.3 Å². The van der Waals surface area contributed by atoms with E-state index in [0.29, 0.717) is 28.5 Å². The number of imidazole rings is 1. The number of aryl methyl sites for hydroxylation is 1. The zero-order chi connectivity index (χ0) is 26.8. The topological polar surface area (TPSA) is 84.2 Å². The van der Waals surface area contributed by atoms with Crippen LogP contribution in [0.1, 0.15) is 30.7 Å². The normalized spacial score (nSPS) is 22.0. The van der Waals surface area contributed by atoms with Crippen LogP contribution < -0.4 is 5.32 Å². The molecular weight excluding hydrogens is 514 g/mol. The maximum absolute atomic E-state index is 15.1. The van der Waals surface area contributed by atoms with Crippen LogP contribution in [-0.2, 0) is 23.2 Å². The Bertz CT molecular complexity index is 1600. The number of morpholine rings is 1.